The van der Waals surface area contributed by atoms with E-state index in [-0.39, 0.29) is 5.78 Å². The molecule has 0 saturated heterocycles. The first-order valence-electron chi connectivity index (χ1n) is 3.74. The Morgan fingerprint density at radius 1 is 1.36 bits per heavy atom. The van der Waals surface area contributed by atoms with Gasteiger partial charge in [0.15, 0.2) is 5.78 Å². The molecule has 0 aromatic heterocycles. The Kier molecular flexibility index (Phi) is 4.30. The molecule has 0 heterocycles. The SMILES string of the molecule is CCCC(=O)C(C)(OC)OC. The van der Waals surface area contributed by atoms with Crippen LogP contribution in [0.5, 0.6) is 0 Å². The molecule has 0 aliphatic rings. The first kappa shape index (κ1) is 10.6. The highest BCUT2D eigenvalue weighted by Gasteiger charge is 2.31. The van der Waals surface area contributed by atoms with Gasteiger partial charge in [0.25, 0.3) is 0 Å². The Labute approximate surface area is 67.7 Å². The average Bonchev–Trinajstić information content (AvgIpc) is 2.03. The molecule has 3 nitrogen and oxygen atoms in total. The van der Waals surface area contributed by atoms with Crippen LogP contribution in [-0.2, 0) is 14.3 Å². The van der Waals surface area contributed by atoms with Crippen LogP contribution < -0.4 is 0 Å². The van der Waals surface area contributed by atoms with Crippen molar-refractivity contribution in [2.75, 3.05) is 14.2 Å². The number of methoxy groups -OCH3 is 2. The number of hydrogen-bond donors (Lipinski definition) is 0. The summed E-state index contributed by atoms with van der Waals surface area (Å²) in [6.07, 6.45) is 1.32. The summed E-state index contributed by atoms with van der Waals surface area (Å²) < 4.78 is 9.86. The molecule has 0 amide bonds. The van der Waals surface area contributed by atoms with Gasteiger partial charge in [0.2, 0.25) is 5.79 Å². The van der Waals surface area contributed by atoms with E-state index in [0.717, 1.165) is 6.42 Å². The van der Waals surface area contributed by atoms with Gasteiger partial charge in [-0.1, -0.05) is 6.92 Å². The molecule has 0 N–H and O–H groups in total. The van der Waals surface area contributed by atoms with Gasteiger partial charge in [-0.2, -0.15) is 0 Å². The van der Waals surface area contributed by atoms with Gasteiger partial charge in [-0.15, -0.1) is 0 Å². The Balaban J connectivity index is 4.12. The molecule has 0 rings (SSSR count). The zero-order chi connectivity index (χ0) is 8.91. The van der Waals surface area contributed by atoms with Crippen molar-refractivity contribution in [3.63, 3.8) is 0 Å². The van der Waals surface area contributed by atoms with Gasteiger partial charge < -0.3 is 9.47 Å². The van der Waals surface area contributed by atoms with Crippen LogP contribution in [0, 0.1) is 0 Å². The molecule has 0 unspecified atom stereocenters. The molecule has 11 heavy (non-hydrogen) atoms. The van der Waals surface area contributed by atoms with Crippen molar-refractivity contribution >= 4 is 5.78 Å². The van der Waals surface area contributed by atoms with Gasteiger partial charge in [0, 0.05) is 20.6 Å². The van der Waals surface area contributed by atoms with Crippen molar-refractivity contribution in [1.82, 2.24) is 0 Å². The molecule has 0 bridgehead atoms. The van der Waals surface area contributed by atoms with Gasteiger partial charge in [0.1, 0.15) is 0 Å². The number of rotatable bonds is 5. The lowest BCUT2D eigenvalue weighted by atomic mass is 10.1. The molecule has 0 aliphatic heterocycles. The molecule has 0 saturated carbocycles. The van der Waals surface area contributed by atoms with E-state index >= 15 is 0 Å². The number of ether oxygens (including phenoxy) is 2. The quantitative estimate of drug-likeness (QED) is 0.570. The molecule has 0 atom stereocenters. The smallest absolute Gasteiger partial charge is 0.225 e. The minimum Gasteiger partial charge on any atom is -0.347 e. The van der Waals surface area contributed by atoms with E-state index in [2.05, 4.69) is 0 Å². The normalized spacial score (nSPS) is 11.6. The van der Waals surface area contributed by atoms with Gasteiger partial charge in [0.05, 0.1) is 0 Å². The van der Waals surface area contributed by atoms with Crippen LogP contribution >= 0.6 is 0 Å². The zero-order valence-corrected chi connectivity index (χ0v) is 7.64. The number of Topliss-reactive ketones (excluding diaryl/α,β-unsaturated/α-hetero) is 1. The Hall–Kier alpha value is -0.410. The predicted octanol–water partition coefficient (Wildman–Crippen LogP) is 1.36. The van der Waals surface area contributed by atoms with Crippen molar-refractivity contribution in [3.8, 4) is 0 Å². The molecular formula is C8H16O3. The van der Waals surface area contributed by atoms with E-state index < -0.39 is 5.79 Å². The van der Waals surface area contributed by atoms with E-state index in [9.17, 15) is 4.79 Å². The summed E-state index contributed by atoms with van der Waals surface area (Å²) >= 11 is 0. The van der Waals surface area contributed by atoms with E-state index in [1.54, 1.807) is 6.92 Å². The second-order valence-electron chi connectivity index (χ2n) is 2.53. The van der Waals surface area contributed by atoms with Crippen molar-refractivity contribution in [2.24, 2.45) is 0 Å². The Bertz CT molecular complexity index is 127. The first-order chi connectivity index (χ1) is 5.10. The summed E-state index contributed by atoms with van der Waals surface area (Å²) in [5.41, 5.74) is 0. The highest BCUT2D eigenvalue weighted by molar-refractivity contribution is 5.85. The summed E-state index contributed by atoms with van der Waals surface area (Å²) in [7, 11) is 2.94. The summed E-state index contributed by atoms with van der Waals surface area (Å²) in [6, 6.07) is 0. The van der Waals surface area contributed by atoms with Crippen LogP contribution in [0.1, 0.15) is 26.7 Å². The first-order valence-corrected chi connectivity index (χ1v) is 3.74. The standard InChI is InChI=1S/C8H16O3/c1-5-6-7(9)8(2,10-3)11-4/h5-6H2,1-4H3. The summed E-state index contributed by atoms with van der Waals surface area (Å²) in [5, 5.41) is 0. The number of carbonyl (C=O) groups excluding carboxylic acids is 1. The van der Waals surface area contributed by atoms with Crippen LogP contribution in [-0.4, -0.2) is 25.8 Å². The third-order valence-electron chi connectivity index (χ3n) is 1.76. The molecule has 0 aromatic rings. The summed E-state index contributed by atoms with van der Waals surface area (Å²) in [4.78, 5) is 11.3. The molecule has 66 valence electrons. The summed E-state index contributed by atoms with van der Waals surface area (Å²) in [6.45, 7) is 3.58. The third kappa shape index (κ3) is 2.60. The number of ketones is 1. The van der Waals surface area contributed by atoms with Crippen LogP contribution in [0.2, 0.25) is 0 Å². The average molecular weight is 160 g/mol. The fourth-order valence-corrected chi connectivity index (χ4v) is 0.765. The lowest BCUT2D eigenvalue weighted by Gasteiger charge is -2.24. The second-order valence-corrected chi connectivity index (χ2v) is 2.53. The zero-order valence-electron chi connectivity index (χ0n) is 7.64. The molecule has 0 aromatic carbocycles. The van der Waals surface area contributed by atoms with Crippen LogP contribution in [0.25, 0.3) is 0 Å². The lowest BCUT2D eigenvalue weighted by Crippen LogP contribution is -2.39. The molecule has 0 spiro atoms. The molecule has 0 fully saturated rings. The fraction of sp³-hybridized carbons (Fsp3) is 0.875. The van der Waals surface area contributed by atoms with Gasteiger partial charge in [-0.05, 0) is 13.3 Å². The van der Waals surface area contributed by atoms with Crippen molar-refractivity contribution in [1.29, 1.82) is 0 Å². The van der Waals surface area contributed by atoms with Crippen LogP contribution in [0.3, 0.4) is 0 Å². The summed E-state index contributed by atoms with van der Waals surface area (Å²) in [5.74, 6) is -1.05. The molecule has 3 heteroatoms. The minimum absolute atomic E-state index is 0.00926. The fourth-order valence-electron chi connectivity index (χ4n) is 0.765. The third-order valence-corrected chi connectivity index (χ3v) is 1.76. The van der Waals surface area contributed by atoms with Crippen molar-refractivity contribution in [2.45, 2.75) is 32.5 Å². The molecular weight excluding hydrogens is 144 g/mol. The second kappa shape index (κ2) is 4.46. The van der Waals surface area contributed by atoms with Crippen LogP contribution in [0.15, 0.2) is 0 Å². The van der Waals surface area contributed by atoms with E-state index in [4.69, 9.17) is 9.47 Å². The minimum atomic E-state index is -1.05. The van der Waals surface area contributed by atoms with Crippen LogP contribution in [0.4, 0.5) is 0 Å². The molecule has 0 radical (unpaired) electrons. The van der Waals surface area contributed by atoms with Gasteiger partial charge in [-0.25, -0.2) is 0 Å². The monoisotopic (exact) mass is 160 g/mol. The molecule has 0 aliphatic carbocycles. The van der Waals surface area contributed by atoms with Crippen molar-refractivity contribution in [3.05, 3.63) is 0 Å². The lowest BCUT2D eigenvalue weighted by molar-refractivity contribution is -0.199. The number of hydrogen-bond acceptors (Lipinski definition) is 3. The van der Waals surface area contributed by atoms with E-state index in [0.29, 0.717) is 6.42 Å². The largest absolute Gasteiger partial charge is 0.347 e. The highest BCUT2D eigenvalue weighted by atomic mass is 16.7. The topological polar surface area (TPSA) is 35.5 Å². The van der Waals surface area contributed by atoms with Crippen molar-refractivity contribution < 1.29 is 14.3 Å². The maximum atomic E-state index is 11.3. The highest BCUT2D eigenvalue weighted by Crippen LogP contribution is 2.14. The van der Waals surface area contributed by atoms with E-state index in [1.807, 2.05) is 6.92 Å². The predicted molar refractivity (Wildman–Crippen MR) is 42.3 cm³/mol. The maximum absolute atomic E-state index is 11.3. The van der Waals surface area contributed by atoms with Gasteiger partial charge >= 0.3 is 0 Å². The number of carbonyl (C=O) groups is 1. The Morgan fingerprint density at radius 3 is 2.09 bits per heavy atom. The van der Waals surface area contributed by atoms with Gasteiger partial charge in [-0.3, -0.25) is 4.79 Å². The van der Waals surface area contributed by atoms with E-state index in [1.165, 1.54) is 14.2 Å². The Morgan fingerprint density at radius 2 is 1.82 bits per heavy atom. The maximum Gasteiger partial charge on any atom is 0.225 e.